The van der Waals surface area contributed by atoms with Crippen LogP contribution in [0.3, 0.4) is 0 Å². The number of aliphatic hydroxyl groups excluding tert-OH is 1. The maximum atomic E-state index is 8.57. The molecular formula is C29H52O9. The summed E-state index contributed by atoms with van der Waals surface area (Å²) < 4.78 is 43.8. The van der Waals surface area contributed by atoms with Crippen molar-refractivity contribution in [2.24, 2.45) is 0 Å². The van der Waals surface area contributed by atoms with Crippen LogP contribution in [0.2, 0.25) is 0 Å². The molecule has 0 bridgehead atoms. The summed E-state index contributed by atoms with van der Waals surface area (Å²) in [6, 6.07) is 8.12. The van der Waals surface area contributed by atoms with Gasteiger partial charge in [0.1, 0.15) is 5.75 Å². The second-order valence-corrected chi connectivity index (χ2v) is 8.71. The Kier molecular flexibility index (Phi) is 26.2. The van der Waals surface area contributed by atoms with Crippen molar-refractivity contribution in [1.82, 2.24) is 0 Å². The van der Waals surface area contributed by atoms with Crippen molar-refractivity contribution >= 4 is 0 Å². The van der Waals surface area contributed by atoms with Gasteiger partial charge in [0, 0.05) is 0 Å². The number of hydrogen-bond donors (Lipinski definition) is 1. The van der Waals surface area contributed by atoms with Crippen LogP contribution in [0.4, 0.5) is 0 Å². The van der Waals surface area contributed by atoms with E-state index in [0.29, 0.717) is 92.5 Å². The molecule has 0 aliphatic carbocycles. The van der Waals surface area contributed by atoms with Crippen molar-refractivity contribution in [2.75, 3.05) is 99.1 Å². The minimum atomic E-state index is 0.0320. The number of rotatable bonds is 30. The first-order chi connectivity index (χ1) is 18.9. The molecule has 0 radical (unpaired) electrons. The third kappa shape index (κ3) is 23.8. The van der Waals surface area contributed by atoms with Crippen LogP contribution in [0.15, 0.2) is 24.3 Å². The van der Waals surface area contributed by atoms with Crippen molar-refractivity contribution in [2.45, 2.75) is 52.1 Å². The summed E-state index contributed by atoms with van der Waals surface area (Å²) in [5.74, 6) is 0.920. The van der Waals surface area contributed by atoms with E-state index in [-0.39, 0.29) is 6.61 Å². The van der Waals surface area contributed by atoms with Crippen LogP contribution in [-0.4, -0.2) is 104 Å². The van der Waals surface area contributed by atoms with E-state index in [1.54, 1.807) is 0 Å². The van der Waals surface area contributed by atoms with E-state index >= 15 is 0 Å². The fourth-order valence-corrected chi connectivity index (χ4v) is 3.33. The zero-order chi connectivity index (χ0) is 27.2. The molecule has 0 aliphatic heterocycles. The monoisotopic (exact) mass is 544 g/mol. The number of benzene rings is 1. The first-order valence-electron chi connectivity index (χ1n) is 14.2. The van der Waals surface area contributed by atoms with Gasteiger partial charge in [-0.25, -0.2) is 0 Å². The Morgan fingerprint density at radius 3 is 1.37 bits per heavy atom. The lowest BCUT2D eigenvalue weighted by Gasteiger charge is -2.09. The van der Waals surface area contributed by atoms with Gasteiger partial charge in [0.05, 0.1) is 106 Å². The van der Waals surface area contributed by atoms with E-state index in [9.17, 15) is 0 Å². The van der Waals surface area contributed by atoms with Gasteiger partial charge in [-0.2, -0.15) is 0 Å². The summed E-state index contributed by atoms with van der Waals surface area (Å²) in [4.78, 5) is 0. The van der Waals surface area contributed by atoms with Gasteiger partial charge < -0.3 is 43.0 Å². The van der Waals surface area contributed by atoms with Gasteiger partial charge in [-0.1, -0.05) is 51.2 Å². The van der Waals surface area contributed by atoms with Crippen molar-refractivity contribution in [1.29, 1.82) is 0 Å². The fourth-order valence-electron chi connectivity index (χ4n) is 3.33. The molecule has 0 saturated heterocycles. The van der Waals surface area contributed by atoms with Crippen molar-refractivity contribution in [3.05, 3.63) is 29.8 Å². The van der Waals surface area contributed by atoms with Crippen LogP contribution in [0.25, 0.3) is 0 Å². The number of ether oxygens (including phenoxy) is 8. The van der Waals surface area contributed by atoms with Crippen LogP contribution >= 0.6 is 0 Å². The van der Waals surface area contributed by atoms with Crippen LogP contribution in [0.1, 0.15) is 51.0 Å². The third-order valence-corrected chi connectivity index (χ3v) is 5.43. The fraction of sp³-hybridized carbons (Fsp3) is 0.793. The molecule has 0 saturated carbocycles. The van der Waals surface area contributed by atoms with E-state index in [4.69, 9.17) is 43.0 Å². The Hall–Kier alpha value is -1.30. The Balaban J connectivity index is 1.78. The lowest BCUT2D eigenvalue weighted by molar-refractivity contribution is -0.0220. The average Bonchev–Trinajstić information content (AvgIpc) is 2.94. The molecule has 0 heterocycles. The molecule has 1 aromatic rings. The van der Waals surface area contributed by atoms with Crippen LogP contribution in [0.5, 0.6) is 5.75 Å². The van der Waals surface area contributed by atoms with E-state index in [2.05, 4.69) is 6.92 Å². The molecule has 1 rings (SSSR count). The number of unbranched alkanes of at least 4 members (excludes halogenated alkanes) is 5. The lowest BCUT2D eigenvalue weighted by Crippen LogP contribution is -2.14. The molecule has 222 valence electrons. The zero-order valence-electron chi connectivity index (χ0n) is 23.6. The standard InChI is InChI=1S/C29H52O9/c1-2-3-4-5-6-7-13-38-29-10-8-28(9-11-29)27-37-26-25-36-24-23-35-22-21-34-20-19-33-18-17-32-16-15-31-14-12-30/h8-11,30H,2-7,12-27H2,1H3. The largest absolute Gasteiger partial charge is 0.494 e. The highest BCUT2D eigenvalue weighted by molar-refractivity contribution is 5.26. The highest BCUT2D eigenvalue weighted by Crippen LogP contribution is 2.14. The van der Waals surface area contributed by atoms with Gasteiger partial charge in [0.25, 0.3) is 0 Å². The van der Waals surface area contributed by atoms with Gasteiger partial charge >= 0.3 is 0 Å². The normalized spacial score (nSPS) is 11.3. The molecule has 9 heteroatoms. The molecule has 0 spiro atoms. The van der Waals surface area contributed by atoms with E-state index < -0.39 is 0 Å². The van der Waals surface area contributed by atoms with Crippen LogP contribution in [-0.2, 0) is 39.8 Å². The molecule has 1 N–H and O–H groups in total. The average molecular weight is 545 g/mol. The smallest absolute Gasteiger partial charge is 0.119 e. The molecule has 38 heavy (non-hydrogen) atoms. The molecule has 0 atom stereocenters. The summed E-state index contributed by atoms with van der Waals surface area (Å²) in [6.07, 6.45) is 7.62. The molecule has 9 nitrogen and oxygen atoms in total. The van der Waals surface area contributed by atoms with Crippen molar-refractivity contribution < 1.29 is 43.0 Å². The summed E-state index contributed by atoms with van der Waals surface area (Å²) in [5.41, 5.74) is 1.12. The predicted octanol–water partition coefficient (Wildman–Crippen LogP) is 4.03. The van der Waals surface area contributed by atoms with Gasteiger partial charge in [0.2, 0.25) is 0 Å². The maximum Gasteiger partial charge on any atom is 0.119 e. The molecular weight excluding hydrogens is 492 g/mol. The highest BCUT2D eigenvalue weighted by atomic mass is 16.6. The Labute approximate surface area is 230 Å². The van der Waals surface area contributed by atoms with E-state index in [0.717, 1.165) is 24.3 Å². The number of hydrogen-bond acceptors (Lipinski definition) is 9. The molecule has 0 aromatic heterocycles. The zero-order valence-corrected chi connectivity index (χ0v) is 23.6. The third-order valence-electron chi connectivity index (χ3n) is 5.43. The van der Waals surface area contributed by atoms with Gasteiger partial charge in [0.15, 0.2) is 0 Å². The summed E-state index contributed by atoms with van der Waals surface area (Å²) in [7, 11) is 0. The summed E-state index contributed by atoms with van der Waals surface area (Å²) in [6.45, 7) is 10.2. The topological polar surface area (TPSA) is 94.1 Å². The molecule has 0 unspecified atom stereocenters. The lowest BCUT2D eigenvalue weighted by atomic mass is 10.1. The van der Waals surface area contributed by atoms with Crippen molar-refractivity contribution in [3.63, 3.8) is 0 Å². The predicted molar refractivity (Wildman–Crippen MR) is 147 cm³/mol. The Bertz CT molecular complexity index is 586. The first-order valence-corrected chi connectivity index (χ1v) is 14.2. The highest BCUT2D eigenvalue weighted by Gasteiger charge is 1.98. The minimum Gasteiger partial charge on any atom is -0.494 e. The number of aliphatic hydroxyl groups is 1. The second kappa shape index (κ2) is 28.7. The first kappa shape index (κ1) is 34.7. The van der Waals surface area contributed by atoms with E-state index in [1.165, 1.54) is 32.1 Å². The van der Waals surface area contributed by atoms with E-state index in [1.807, 2.05) is 24.3 Å². The van der Waals surface area contributed by atoms with Crippen LogP contribution < -0.4 is 4.74 Å². The Morgan fingerprint density at radius 2 is 0.895 bits per heavy atom. The molecule has 0 amide bonds. The van der Waals surface area contributed by atoms with Crippen LogP contribution in [0, 0.1) is 0 Å². The quantitative estimate of drug-likeness (QED) is 0.144. The van der Waals surface area contributed by atoms with Gasteiger partial charge in [-0.15, -0.1) is 0 Å². The molecule has 0 aliphatic rings. The SMILES string of the molecule is CCCCCCCCOc1ccc(COCCOCCOCCOCCOCCOCCOCCO)cc1. The van der Waals surface area contributed by atoms with Crippen molar-refractivity contribution in [3.8, 4) is 5.75 Å². The summed E-state index contributed by atoms with van der Waals surface area (Å²) in [5, 5.41) is 8.57. The summed E-state index contributed by atoms with van der Waals surface area (Å²) >= 11 is 0. The maximum absolute atomic E-state index is 8.57. The Morgan fingerprint density at radius 1 is 0.474 bits per heavy atom. The molecule has 0 fully saturated rings. The minimum absolute atomic E-state index is 0.0320. The van der Waals surface area contributed by atoms with Gasteiger partial charge in [-0.3, -0.25) is 0 Å². The second-order valence-electron chi connectivity index (χ2n) is 8.71. The molecule has 1 aromatic carbocycles. The van der Waals surface area contributed by atoms with Gasteiger partial charge in [-0.05, 0) is 24.1 Å².